The number of H-pyrrole nitrogens is 1. The maximum Gasteiger partial charge on any atom is 0.132 e. The van der Waals surface area contributed by atoms with Crippen LogP contribution in [0.1, 0.15) is 37.9 Å². The van der Waals surface area contributed by atoms with E-state index in [1.165, 1.54) is 5.56 Å². The quantitative estimate of drug-likeness (QED) is 0.370. The van der Waals surface area contributed by atoms with E-state index < -0.39 is 0 Å². The first-order chi connectivity index (χ1) is 14.6. The van der Waals surface area contributed by atoms with Crippen molar-refractivity contribution < 1.29 is 4.74 Å². The van der Waals surface area contributed by atoms with E-state index in [0.717, 1.165) is 28.4 Å². The van der Waals surface area contributed by atoms with Gasteiger partial charge in [0.1, 0.15) is 11.6 Å². The lowest BCUT2D eigenvalue weighted by atomic mass is 10.1. The van der Waals surface area contributed by atoms with Gasteiger partial charge in [0.2, 0.25) is 0 Å². The number of ether oxygens (including phenoxy) is 1. The van der Waals surface area contributed by atoms with Crippen molar-refractivity contribution in [2.45, 2.75) is 33.7 Å². The summed E-state index contributed by atoms with van der Waals surface area (Å²) < 4.78 is 5.12. The van der Waals surface area contributed by atoms with Gasteiger partial charge in [-0.3, -0.25) is 4.99 Å². The Labute approximate surface area is 181 Å². The summed E-state index contributed by atoms with van der Waals surface area (Å²) in [5, 5.41) is 3.16. The van der Waals surface area contributed by atoms with Gasteiger partial charge >= 0.3 is 0 Å². The Hall–Kier alpha value is -3.34. The number of methoxy groups -OCH3 is 1. The normalized spacial score (nSPS) is 10.9. The third-order valence-electron chi connectivity index (χ3n) is 4.30. The second kappa shape index (κ2) is 13.8. The third-order valence-corrected chi connectivity index (χ3v) is 4.30. The van der Waals surface area contributed by atoms with Crippen LogP contribution in [0.2, 0.25) is 0 Å². The molecular formula is C25H34N4O. The van der Waals surface area contributed by atoms with Crippen LogP contribution in [0.15, 0.2) is 70.6 Å². The van der Waals surface area contributed by atoms with Crippen LogP contribution in [-0.2, 0) is 0 Å². The van der Waals surface area contributed by atoms with Crippen molar-refractivity contribution in [2.75, 3.05) is 14.2 Å². The Morgan fingerprint density at radius 2 is 1.70 bits per heavy atom. The molecule has 160 valence electrons. The molecular weight excluding hydrogens is 372 g/mol. The fourth-order valence-electron chi connectivity index (χ4n) is 2.66. The highest BCUT2D eigenvalue weighted by Gasteiger charge is 2.04. The summed E-state index contributed by atoms with van der Waals surface area (Å²) in [6.07, 6.45) is 1.72. The summed E-state index contributed by atoms with van der Waals surface area (Å²) in [5.74, 6) is 1.68. The minimum atomic E-state index is 0.329. The molecule has 5 heteroatoms. The van der Waals surface area contributed by atoms with Gasteiger partial charge in [-0.25, -0.2) is 4.99 Å². The number of benzene rings is 2. The topological polar surface area (TPSA) is 61.8 Å². The maximum absolute atomic E-state index is 5.12. The van der Waals surface area contributed by atoms with Crippen LogP contribution in [0.5, 0.6) is 5.75 Å². The van der Waals surface area contributed by atoms with Gasteiger partial charge < -0.3 is 15.0 Å². The number of hydrogen-bond donors (Lipinski definition) is 2. The molecule has 1 heterocycles. The molecule has 0 fully saturated rings. The molecule has 0 spiro atoms. The largest absolute Gasteiger partial charge is 0.497 e. The molecule has 0 radical (unpaired) electrons. The van der Waals surface area contributed by atoms with Gasteiger partial charge in [-0.2, -0.15) is 0 Å². The molecule has 0 aliphatic rings. The van der Waals surface area contributed by atoms with Crippen LogP contribution in [0.25, 0.3) is 11.3 Å². The standard InChI is InChI=1S/C13H14N2O.C10H14N2.C2H6/c1-9-8-12(15-13(9)14-2)10-4-6-11(16-3)7-5-10;1-9(12-8-11-2)10-6-4-3-5-7-10;1-2/h4-8,15H,2H2,1,3H3;3-9H,1-2H3,(H,11,12);1-2H3/t;9-;/m.0./s1. The first-order valence-electron chi connectivity index (χ1n) is 10.1. The fraction of sp³-hybridized carbons (Fsp3) is 0.280. The van der Waals surface area contributed by atoms with Crippen LogP contribution in [-0.4, -0.2) is 32.2 Å². The van der Waals surface area contributed by atoms with Gasteiger partial charge in [0.25, 0.3) is 0 Å². The van der Waals surface area contributed by atoms with E-state index in [1.807, 2.05) is 63.2 Å². The number of aryl methyl sites for hydroxylation is 1. The molecule has 1 atom stereocenters. The van der Waals surface area contributed by atoms with Gasteiger partial charge in [0.05, 0.1) is 13.4 Å². The lowest BCUT2D eigenvalue weighted by molar-refractivity contribution is 0.415. The summed E-state index contributed by atoms with van der Waals surface area (Å²) >= 11 is 0. The van der Waals surface area contributed by atoms with Crippen molar-refractivity contribution in [1.29, 1.82) is 0 Å². The maximum atomic E-state index is 5.12. The number of rotatable bonds is 6. The molecule has 0 bridgehead atoms. The molecule has 0 aliphatic carbocycles. The Morgan fingerprint density at radius 1 is 1.07 bits per heavy atom. The van der Waals surface area contributed by atoms with Gasteiger partial charge in [-0.05, 0) is 67.6 Å². The summed E-state index contributed by atoms with van der Waals surface area (Å²) in [4.78, 5) is 11.0. The number of aliphatic imine (C=N–C) groups is 2. The Morgan fingerprint density at radius 3 is 2.20 bits per heavy atom. The summed E-state index contributed by atoms with van der Waals surface area (Å²) in [6, 6.07) is 20.6. The van der Waals surface area contributed by atoms with E-state index in [9.17, 15) is 0 Å². The highest BCUT2D eigenvalue weighted by atomic mass is 16.5. The molecule has 1 aromatic heterocycles. The first-order valence-corrected chi connectivity index (χ1v) is 10.1. The minimum Gasteiger partial charge on any atom is -0.497 e. The van der Waals surface area contributed by atoms with Crippen molar-refractivity contribution in [2.24, 2.45) is 9.98 Å². The van der Waals surface area contributed by atoms with Crippen LogP contribution >= 0.6 is 0 Å². The average molecular weight is 407 g/mol. The van der Waals surface area contributed by atoms with E-state index in [-0.39, 0.29) is 0 Å². The highest BCUT2D eigenvalue weighted by Crippen LogP contribution is 2.27. The minimum absolute atomic E-state index is 0.329. The molecule has 0 saturated carbocycles. The van der Waals surface area contributed by atoms with Crippen molar-refractivity contribution in [3.8, 4) is 17.0 Å². The SMILES string of the molecule is C=Nc1[nH]c(-c2ccc(OC)cc2)cc1C.CC.CN=CN[C@@H](C)c1ccccc1. The zero-order chi connectivity index (χ0) is 22.4. The Balaban J connectivity index is 0.000000287. The number of nitrogens with zero attached hydrogens (tertiary/aromatic N) is 2. The van der Waals surface area contributed by atoms with E-state index in [0.29, 0.717) is 6.04 Å². The fourth-order valence-corrected chi connectivity index (χ4v) is 2.66. The average Bonchev–Trinajstić information content (AvgIpc) is 3.20. The van der Waals surface area contributed by atoms with Crippen molar-refractivity contribution in [3.63, 3.8) is 0 Å². The second-order valence-electron chi connectivity index (χ2n) is 6.29. The van der Waals surface area contributed by atoms with Gasteiger partial charge in [0, 0.05) is 18.8 Å². The summed E-state index contributed by atoms with van der Waals surface area (Å²) in [7, 11) is 3.41. The van der Waals surface area contributed by atoms with E-state index >= 15 is 0 Å². The number of aromatic amines is 1. The molecule has 30 heavy (non-hydrogen) atoms. The molecule has 0 amide bonds. The van der Waals surface area contributed by atoms with Crippen LogP contribution in [0, 0.1) is 6.92 Å². The van der Waals surface area contributed by atoms with Crippen molar-refractivity contribution >= 4 is 18.9 Å². The van der Waals surface area contributed by atoms with E-state index in [2.05, 4.69) is 52.1 Å². The lowest BCUT2D eigenvalue weighted by Gasteiger charge is -2.10. The van der Waals surface area contributed by atoms with Crippen molar-refractivity contribution in [3.05, 3.63) is 71.8 Å². The predicted octanol–water partition coefficient (Wildman–Crippen LogP) is 6.35. The number of nitrogens with one attached hydrogen (secondary N) is 2. The Bertz CT molecular complexity index is 883. The predicted molar refractivity (Wildman–Crippen MR) is 130 cm³/mol. The van der Waals surface area contributed by atoms with Crippen molar-refractivity contribution in [1.82, 2.24) is 10.3 Å². The monoisotopic (exact) mass is 406 g/mol. The third kappa shape index (κ3) is 7.59. The molecule has 2 aromatic carbocycles. The zero-order valence-corrected chi connectivity index (χ0v) is 18.9. The van der Waals surface area contributed by atoms with Crippen LogP contribution < -0.4 is 10.1 Å². The zero-order valence-electron chi connectivity index (χ0n) is 18.9. The lowest BCUT2D eigenvalue weighted by Crippen LogP contribution is -2.15. The first kappa shape index (κ1) is 24.7. The highest BCUT2D eigenvalue weighted by molar-refractivity contribution is 5.66. The smallest absolute Gasteiger partial charge is 0.132 e. The Kier molecular flexibility index (Phi) is 11.3. The molecule has 3 aromatic rings. The molecule has 3 rings (SSSR count). The molecule has 0 unspecified atom stereocenters. The van der Waals surface area contributed by atoms with Gasteiger partial charge in [-0.1, -0.05) is 44.2 Å². The molecule has 5 nitrogen and oxygen atoms in total. The number of aromatic nitrogens is 1. The van der Waals surface area contributed by atoms with Crippen LogP contribution in [0.4, 0.5) is 5.82 Å². The molecule has 0 saturated heterocycles. The summed E-state index contributed by atoms with van der Waals surface area (Å²) in [6.45, 7) is 11.6. The number of hydrogen-bond acceptors (Lipinski definition) is 3. The van der Waals surface area contributed by atoms with E-state index in [4.69, 9.17) is 4.74 Å². The van der Waals surface area contributed by atoms with Gasteiger partial charge in [-0.15, -0.1) is 0 Å². The van der Waals surface area contributed by atoms with E-state index in [1.54, 1.807) is 20.5 Å². The molecule has 2 N–H and O–H groups in total. The van der Waals surface area contributed by atoms with Gasteiger partial charge in [0.15, 0.2) is 0 Å². The van der Waals surface area contributed by atoms with Crippen LogP contribution in [0.3, 0.4) is 0 Å². The second-order valence-corrected chi connectivity index (χ2v) is 6.29. The summed E-state index contributed by atoms with van der Waals surface area (Å²) in [5.41, 5.74) is 4.53. The molecule has 0 aliphatic heterocycles.